The highest BCUT2D eigenvalue weighted by molar-refractivity contribution is 7.92. The monoisotopic (exact) mass is 319 g/mol. The summed E-state index contributed by atoms with van der Waals surface area (Å²) in [5.74, 6) is -1.34. The maximum atomic E-state index is 11.7. The van der Waals surface area contributed by atoms with E-state index in [1.54, 1.807) is 24.3 Å². The van der Waals surface area contributed by atoms with Crippen LogP contribution in [0, 0.1) is 0 Å². The summed E-state index contributed by atoms with van der Waals surface area (Å²) in [6.07, 6.45) is 1.11. The molecule has 0 aliphatic rings. The molecule has 3 N–H and O–H groups in total. The van der Waals surface area contributed by atoms with E-state index in [2.05, 4.69) is 0 Å². The molecule has 0 spiro atoms. The van der Waals surface area contributed by atoms with Crippen molar-refractivity contribution in [3.05, 3.63) is 40.3 Å². The number of aliphatic hydroxyl groups excluding tert-OH is 1. The number of nitrogens with one attached hydrogen (secondary N) is 1. The van der Waals surface area contributed by atoms with Crippen molar-refractivity contribution in [3.8, 4) is 0 Å². The maximum Gasteiger partial charge on any atom is 0.321 e. The lowest BCUT2D eigenvalue weighted by Gasteiger charge is -2.11. The number of hydrogen-bond donors (Lipinski definition) is 3. The van der Waals surface area contributed by atoms with E-state index in [9.17, 15) is 13.2 Å². The van der Waals surface area contributed by atoms with Gasteiger partial charge in [-0.25, -0.2) is 8.42 Å². The zero-order valence-corrected chi connectivity index (χ0v) is 11.9. The second-order valence-electron chi connectivity index (χ2n) is 3.92. The molecule has 0 heterocycles. The number of rotatable bonds is 7. The Hall–Kier alpha value is -1.41. The molecule has 0 aromatic heterocycles. The molecule has 0 fully saturated rings. The first-order valence-corrected chi connectivity index (χ1v) is 7.56. The molecule has 110 valence electrons. The van der Waals surface area contributed by atoms with Gasteiger partial charge in [-0.3, -0.25) is 4.79 Å². The highest BCUT2D eigenvalue weighted by Gasteiger charge is 2.21. The van der Waals surface area contributed by atoms with Gasteiger partial charge in [0.2, 0.25) is 10.0 Å². The quantitative estimate of drug-likeness (QED) is 0.697. The van der Waals surface area contributed by atoms with Crippen LogP contribution in [0.4, 0.5) is 0 Å². The Morgan fingerprint density at radius 1 is 1.35 bits per heavy atom. The number of aliphatic hydroxyl groups is 1. The Morgan fingerprint density at radius 2 is 1.95 bits per heavy atom. The summed E-state index contributed by atoms with van der Waals surface area (Å²) in [5.41, 5.74) is 0.605. The van der Waals surface area contributed by atoms with Crippen LogP contribution >= 0.6 is 11.6 Å². The van der Waals surface area contributed by atoms with Crippen molar-refractivity contribution in [1.82, 2.24) is 4.72 Å². The average molecular weight is 320 g/mol. The predicted molar refractivity (Wildman–Crippen MR) is 75.7 cm³/mol. The fourth-order valence-electron chi connectivity index (χ4n) is 1.34. The number of aliphatic carboxylic acids is 1. The third-order valence-electron chi connectivity index (χ3n) is 2.33. The number of benzene rings is 1. The molecule has 8 heteroatoms. The van der Waals surface area contributed by atoms with Crippen LogP contribution in [0.5, 0.6) is 0 Å². The molecule has 0 unspecified atom stereocenters. The van der Waals surface area contributed by atoms with Crippen molar-refractivity contribution < 1.29 is 23.4 Å². The third-order valence-corrected chi connectivity index (χ3v) is 3.69. The van der Waals surface area contributed by atoms with Gasteiger partial charge in [-0.05, 0) is 30.2 Å². The number of carbonyl (C=O) groups is 1. The van der Waals surface area contributed by atoms with Crippen molar-refractivity contribution in [2.45, 2.75) is 12.5 Å². The number of carboxylic acids is 1. The van der Waals surface area contributed by atoms with Gasteiger partial charge in [-0.15, -0.1) is 0 Å². The molecule has 20 heavy (non-hydrogen) atoms. The summed E-state index contributed by atoms with van der Waals surface area (Å²) >= 11 is 5.70. The number of hydrogen-bond acceptors (Lipinski definition) is 4. The first-order chi connectivity index (χ1) is 9.34. The minimum atomic E-state index is -3.91. The summed E-state index contributed by atoms with van der Waals surface area (Å²) in [7, 11) is -3.91. The van der Waals surface area contributed by atoms with Gasteiger partial charge in [0.25, 0.3) is 0 Å². The van der Waals surface area contributed by atoms with E-state index >= 15 is 0 Å². The van der Waals surface area contributed by atoms with E-state index in [-0.39, 0.29) is 6.42 Å². The van der Waals surface area contributed by atoms with Crippen LogP contribution in [0.15, 0.2) is 29.7 Å². The van der Waals surface area contributed by atoms with E-state index in [1.807, 2.05) is 4.72 Å². The molecule has 1 atom stereocenters. The second kappa shape index (κ2) is 7.39. The summed E-state index contributed by atoms with van der Waals surface area (Å²) in [5, 5.41) is 18.9. The van der Waals surface area contributed by atoms with Crippen LogP contribution in [0.1, 0.15) is 12.0 Å². The molecular weight excluding hydrogens is 306 g/mol. The molecule has 0 aliphatic heterocycles. The van der Waals surface area contributed by atoms with E-state index < -0.39 is 28.6 Å². The van der Waals surface area contributed by atoms with Gasteiger partial charge in [0.05, 0.1) is 0 Å². The lowest BCUT2D eigenvalue weighted by Crippen LogP contribution is -2.40. The molecule has 0 amide bonds. The Kier molecular flexibility index (Phi) is 6.15. The lowest BCUT2D eigenvalue weighted by molar-refractivity contribution is -0.139. The fourth-order valence-corrected chi connectivity index (χ4v) is 2.50. The zero-order chi connectivity index (χ0) is 15.2. The van der Waals surface area contributed by atoms with Crippen molar-refractivity contribution in [2.24, 2.45) is 0 Å². The highest BCUT2D eigenvalue weighted by Crippen LogP contribution is 2.11. The predicted octanol–water partition coefficient (Wildman–Crippen LogP) is 1.07. The van der Waals surface area contributed by atoms with Crippen molar-refractivity contribution in [3.63, 3.8) is 0 Å². The van der Waals surface area contributed by atoms with Crippen molar-refractivity contribution in [1.29, 1.82) is 0 Å². The standard InChI is InChI=1S/C12H14ClNO5S/c13-10-3-1-9(2-4-10)6-8-20(18,19)14-11(5-7-15)12(16)17/h1-4,6,8,11,14-15H,5,7H2,(H,16,17)/b8-6+/t11-/m0/s1. The first-order valence-electron chi connectivity index (χ1n) is 5.64. The first kappa shape index (κ1) is 16.6. The van der Waals surface area contributed by atoms with E-state index in [0.29, 0.717) is 10.6 Å². The Bertz CT molecular complexity index is 582. The van der Waals surface area contributed by atoms with Gasteiger partial charge < -0.3 is 10.2 Å². The van der Waals surface area contributed by atoms with Gasteiger partial charge in [0.1, 0.15) is 6.04 Å². The molecule has 0 saturated carbocycles. The lowest BCUT2D eigenvalue weighted by atomic mass is 10.2. The Balaban J connectivity index is 2.78. The van der Waals surface area contributed by atoms with Gasteiger partial charge in [0.15, 0.2) is 0 Å². The number of sulfonamides is 1. The van der Waals surface area contributed by atoms with E-state index in [1.165, 1.54) is 6.08 Å². The van der Waals surface area contributed by atoms with Gasteiger partial charge in [-0.2, -0.15) is 4.72 Å². The van der Waals surface area contributed by atoms with Crippen molar-refractivity contribution >= 4 is 33.7 Å². The molecule has 0 aliphatic carbocycles. The Labute approximate surface area is 121 Å². The smallest absolute Gasteiger partial charge is 0.321 e. The molecule has 0 bridgehead atoms. The SMILES string of the molecule is O=C(O)[C@H](CCO)NS(=O)(=O)/C=C/c1ccc(Cl)cc1. The van der Waals surface area contributed by atoms with E-state index in [0.717, 1.165) is 5.41 Å². The van der Waals surface area contributed by atoms with Crippen LogP contribution in [0.2, 0.25) is 5.02 Å². The average Bonchev–Trinajstić information content (AvgIpc) is 2.37. The minimum absolute atomic E-state index is 0.205. The summed E-state index contributed by atoms with van der Waals surface area (Å²) in [6.45, 7) is -0.430. The fraction of sp³-hybridized carbons (Fsp3) is 0.250. The van der Waals surface area contributed by atoms with Crippen LogP contribution in [-0.2, 0) is 14.8 Å². The van der Waals surface area contributed by atoms with Crippen LogP contribution < -0.4 is 4.72 Å². The largest absolute Gasteiger partial charge is 0.480 e. The number of carboxylic acid groups (broad SMARTS) is 1. The zero-order valence-electron chi connectivity index (χ0n) is 10.4. The summed E-state index contributed by atoms with van der Waals surface area (Å²) in [4.78, 5) is 10.8. The van der Waals surface area contributed by atoms with Crippen LogP contribution in [-0.4, -0.2) is 37.2 Å². The summed E-state index contributed by atoms with van der Waals surface area (Å²) < 4.78 is 25.4. The molecule has 1 aromatic rings. The second-order valence-corrected chi connectivity index (χ2v) is 5.95. The number of halogens is 1. The summed E-state index contributed by atoms with van der Waals surface area (Å²) in [6, 6.07) is 5.09. The van der Waals surface area contributed by atoms with Gasteiger partial charge >= 0.3 is 5.97 Å². The third kappa shape index (κ3) is 5.70. The van der Waals surface area contributed by atoms with Crippen LogP contribution in [0.3, 0.4) is 0 Å². The minimum Gasteiger partial charge on any atom is -0.480 e. The normalized spacial score (nSPS) is 13.5. The molecule has 0 saturated heterocycles. The van der Waals surface area contributed by atoms with E-state index in [4.69, 9.17) is 21.8 Å². The maximum absolute atomic E-state index is 11.7. The molecule has 1 aromatic carbocycles. The molecule has 6 nitrogen and oxygen atoms in total. The van der Waals surface area contributed by atoms with Crippen LogP contribution in [0.25, 0.3) is 6.08 Å². The van der Waals surface area contributed by atoms with Crippen molar-refractivity contribution in [2.75, 3.05) is 6.61 Å². The highest BCUT2D eigenvalue weighted by atomic mass is 35.5. The Morgan fingerprint density at radius 3 is 2.45 bits per heavy atom. The molecule has 0 radical (unpaired) electrons. The molecular formula is C12H14ClNO5S. The topological polar surface area (TPSA) is 104 Å². The molecule has 1 rings (SSSR count). The van der Waals surface area contributed by atoms with Gasteiger partial charge in [-0.1, -0.05) is 23.7 Å². The van der Waals surface area contributed by atoms with Gasteiger partial charge in [0, 0.05) is 17.0 Å².